The summed E-state index contributed by atoms with van der Waals surface area (Å²) < 4.78 is 0. The summed E-state index contributed by atoms with van der Waals surface area (Å²) in [6, 6.07) is 3.85. The van der Waals surface area contributed by atoms with Gasteiger partial charge in [-0.3, -0.25) is 4.79 Å². The normalized spacial score (nSPS) is 33.5. The summed E-state index contributed by atoms with van der Waals surface area (Å²) >= 11 is 1.53. The Hall–Kier alpha value is -1.36. The Morgan fingerprint density at radius 2 is 1.75 bits per heavy atom. The summed E-state index contributed by atoms with van der Waals surface area (Å²) in [5.74, 6) is 2.63. The van der Waals surface area contributed by atoms with Crippen molar-refractivity contribution >= 4 is 23.2 Å². The molecular formula is C19H26N2O2S. The van der Waals surface area contributed by atoms with Crippen molar-refractivity contribution in [3.63, 3.8) is 0 Å². The van der Waals surface area contributed by atoms with Crippen LogP contribution in [0.1, 0.15) is 60.0 Å². The predicted octanol–water partition coefficient (Wildman–Crippen LogP) is 3.76. The van der Waals surface area contributed by atoms with Gasteiger partial charge in [0.2, 0.25) is 0 Å². The van der Waals surface area contributed by atoms with Gasteiger partial charge < -0.3 is 10.6 Å². The third-order valence-electron chi connectivity index (χ3n) is 6.08. The molecule has 0 atom stereocenters. The van der Waals surface area contributed by atoms with Crippen LogP contribution in [0, 0.1) is 17.8 Å². The van der Waals surface area contributed by atoms with E-state index in [1.54, 1.807) is 6.92 Å². The van der Waals surface area contributed by atoms with Gasteiger partial charge in [-0.25, -0.2) is 4.79 Å². The fourth-order valence-electron chi connectivity index (χ4n) is 5.55. The first-order valence-corrected chi connectivity index (χ1v) is 9.99. The van der Waals surface area contributed by atoms with Crippen molar-refractivity contribution in [2.24, 2.45) is 17.8 Å². The molecule has 0 radical (unpaired) electrons. The maximum absolute atomic E-state index is 12.4. The van der Waals surface area contributed by atoms with E-state index in [0.717, 1.165) is 33.9 Å². The molecule has 1 heterocycles. The number of urea groups is 1. The van der Waals surface area contributed by atoms with E-state index in [2.05, 4.69) is 10.6 Å². The molecule has 2 N–H and O–H groups in total. The van der Waals surface area contributed by atoms with Crippen molar-refractivity contribution in [3.05, 3.63) is 21.9 Å². The van der Waals surface area contributed by atoms with Crippen LogP contribution in [0.4, 0.5) is 4.79 Å². The van der Waals surface area contributed by atoms with Gasteiger partial charge in [-0.15, -0.1) is 11.3 Å². The Balaban J connectivity index is 1.27. The Morgan fingerprint density at radius 1 is 1.12 bits per heavy atom. The van der Waals surface area contributed by atoms with Gasteiger partial charge in [0, 0.05) is 17.0 Å². The number of thiophene rings is 1. The first kappa shape index (κ1) is 16.1. The fraction of sp³-hybridized carbons (Fsp3) is 0.684. The van der Waals surface area contributed by atoms with Crippen LogP contribution in [0.15, 0.2) is 12.1 Å². The van der Waals surface area contributed by atoms with Gasteiger partial charge >= 0.3 is 6.03 Å². The summed E-state index contributed by atoms with van der Waals surface area (Å²) in [5, 5.41) is 6.35. The van der Waals surface area contributed by atoms with E-state index < -0.39 is 0 Å². The number of hydrogen-bond donors (Lipinski definition) is 2. The van der Waals surface area contributed by atoms with Crippen molar-refractivity contribution in [2.75, 3.05) is 6.54 Å². The van der Waals surface area contributed by atoms with E-state index >= 15 is 0 Å². The van der Waals surface area contributed by atoms with Gasteiger partial charge in [-0.05, 0) is 81.8 Å². The van der Waals surface area contributed by atoms with Crippen LogP contribution in [0.2, 0.25) is 0 Å². The Morgan fingerprint density at radius 3 is 2.29 bits per heavy atom. The summed E-state index contributed by atoms with van der Waals surface area (Å²) in [7, 11) is 0. The highest BCUT2D eigenvalue weighted by Crippen LogP contribution is 2.55. The van der Waals surface area contributed by atoms with Gasteiger partial charge in [0.15, 0.2) is 5.78 Å². The Labute approximate surface area is 147 Å². The first-order valence-electron chi connectivity index (χ1n) is 9.17. The van der Waals surface area contributed by atoms with E-state index in [9.17, 15) is 9.59 Å². The Bertz CT molecular complexity index is 616. The molecule has 1 aromatic heterocycles. The maximum atomic E-state index is 12.4. The van der Waals surface area contributed by atoms with Crippen LogP contribution < -0.4 is 10.6 Å². The SMILES string of the molecule is CC(=O)c1ccc(CCNC(=O)NC23CC4CC(CC(C4)C2)C3)s1. The molecule has 24 heavy (non-hydrogen) atoms. The molecule has 0 aromatic carbocycles. The van der Waals surface area contributed by atoms with Crippen LogP contribution in [0.5, 0.6) is 0 Å². The number of nitrogens with one attached hydrogen (secondary N) is 2. The van der Waals surface area contributed by atoms with Crippen molar-refractivity contribution in [3.8, 4) is 0 Å². The van der Waals surface area contributed by atoms with E-state index in [4.69, 9.17) is 0 Å². The lowest BCUT2D eigenvalue weighted by Gasteiger charge is -2.56. The van der Waals surface area contributed by atoms with Crippen LogP contribution in [0.3, 0.4) is 0 Å². The van der Waals surface area contributed by atoms with E-state index in [-0.39, 0.29) is 17.4 Å². The monoisotopic (exact) mass is 346 g/mol. The lowest BCUT2D eigenvalue weighted by Crippen LogP contribution is -2.61. The summed E-state index contributed by atoms with van der Waals surface area (Å²) in [6.45, 7) is 2.21. The van der Waals surface area contributed by atoms with E-state index in [0.29, 0.717) is 6.54 Å². The van der Waals surface area contributed by atoms with E-state index in [1.165, 1.54) is 49.9 Å². The first-order chi connectivity index (χ1) is 11.5. The minimum absolute atomic E-state index is 0.0136. The van der Waals surface area contributed by atoms with Crippen molar-refractivity contribution in [1.29, 1.82) is 0 Å². The largest absolute Gasteiger partial charge is 0.338 e. The number of Topliss-reactive ketones (excluding diaryl/α,β-unsaturated/α-hetero) is 1. The average Bonchev–Trinajstić information content (AvgIpc) is 2.94. The topological polar surface area (TPSA) is 58.2 Å². The second-order valence-electron chi connectivity index (χ2n) is 8.15. The molecule has 0 aliphatic heterocycles. The van der Waals surface area contributed by atoms with Crippen molar-refractivity contribution < 1.29 is 9.59 Å². The standard InChI is InChI=1S/C19H26N2O2S/c1-12(22)17-3-2-16(24-17)4-5-20-18(23)21-19-9-13-6-14(10-19)8-15(7-13)11-19/h2-3,13-15H,4-11H2,1H3,(H2,20,21,23). The molecule has 130 valence electrons. The van der Waals surface area contributed by atoms with Gasteiger partial charge in [-0.1, -0.05) is 0 Å². The molecule has 4 aliphatic rings. The second kappa shape index (κ2) is 6.17. The Kier molecular flexibility index (Phi) is 4.15. The number of ketones is 1. The average molecular weight is 346 g/mol. The summed E-state index contributed by atoms with van der Waals surface area (Å²) in [4.78, 5) is 25.6. The van der Waals surface area contributed by atoms with Gasteiger partial charge in [0.05, 0.1) is 4.88 Å². The molecule has 4 nitrogen and oxygen atoms in total. The maximum Gasteiger partial charge on any atom is 0.315 e. The highest BCUT2D eigenvalue weighted by atomic mass is 32.1. The number of amides is 2. The van der Waals surface area contributed by atoms with Gasteiger partial charge in [0.1, 0.15) is 0 Å². The van der Waals surface area contributed by atoms with Crippen LogP contribution in [-0.2, 0) is 6.42 Å². The predicted molar refractivity (Wildman–Crippen MR) is 95.5 cm³/mol. The number of rotatable bonds is 5. The molecule has 4 aliphatic carbocycles. The van der Waals surface area contributed by atoms with Gasteiger partial charge in [0.25, 0.3) is 0 Å². The van der Waals surface area contributed by atoms with Crippen LogP contribution in [0.25, 0.3) is 0 Å². The zero-order valence-corrected chi connectivity index (χ0v) is 15.1. The second-order valence-corrected chi connectivity index (χ2v) is 9.32. The third kappa shape index (κ3) is 3.23. The molecule has 0 spiro atoms. The highest BCUT2D eigenvalue weighted by molar-refractivity contribution is 7.14. The summed E-state index contributed by atoms with van der Waals surface area (Å²) in [5.41, 5.74) is 0.0730. The molecule has 4 saturated carbocycles. The minimum Gasteiger partial charge on any atom is -0.338 e. The fourth-order valence-corrected chi connectivity index (χ4v) is 6.45. The lowest BCUT2D eigenvalue weighted by molar-refractivity contribution is -0.0135. The van der Waals surface area contributed by atoms with Gasteiger partial charge in [-0.2, -0.15) is 0 Å². The highest BCUT2D eigenvalue weighted by Gasteiger charge is 2.51. The van der Waals surface area contributed by atoms with E-state index in [1.807, 2.05) is 12.1 Å². The quantitative estimate of drug-likeness (QED) is 0.798. The lowest BCUT2D eigenvalue weighted by atomic mass is 9.53. The number of carbonyl (C=O) groups is 2. The minimum atomic E-state index is -0.0136. The molecule has 0 saturated heterocycles. The molecule has 5 rings (SSSR count). The van der Waals surface area contributed by atoms with Crippen molar-refractivity contribution in [2.45, 2.75) is 57.4 Å². The smallest absolute Gasteiger partial charge is 0.315 e. The zero-order chi connectivity index (χ0) is 16.7. The molecular weight excluding hydrogens is 320 g/mol. The molecule has 4 bridgehead atoms. The molecule has 2 amide bonds. The van der Waals surface area contributed by atoms with Crippen LogP contribution in [-0.4, -0.2) is 23.9 Å². The summed E-state index contributed by atoms with van der Waals surface area (Å²) in [6.07, 6.45) is 8.49. The zero-order valence-electron chi connectivity index (χ0n) is 14.3. The number of carbonyl (C=O) groups excluding carboxylic acids is 2. The molecule has 1 aromatic rings. The number of hydrogen-bond acceptors (Lipinski definition) is 3. The molecule has 4 fully saturated rings. The third-order valence-corrected chi connectivity index (χ3v) is 7.33. The molecule has 0 unspecified atom stereocenters. The van der Waals surface area contributed by atoms with Crippen LogP contribution >= 0.6 is 11.3 Å². The van der Waals surface area contributed by atoms with Crippen molar-refractivity contribution in [1.82, 2.24) is 10.6 Å². The molecule has 5 heteroatoms.